The summed E-state index contributed by atoms with van der Waals surface area (Å²) in [6.07, 6.45) is 1.77. The monoisotopic (exact) mass is 310 g/mol. The number of piperidine rings is 1. The summed E-state index contributed by atoms with van der Waals surface area (Å²) in [5, 5.41) is 0. The van der Waals surface area contributed by atoms with Crippen molar-refractivity contribution in [1.82, 2.24) is 4.90 Å². The predicted molar refractivity (Wildman–Crippen MR) is 76.6 cm³/mol. The summed E-state index contributed by atoms with van der Waals surface area (Å²) in [6, 6.07) is 6.24. The van der Waals surface area contributed by atoms with Crippen LogP contribution in [0.25, 0.3) is 0 Å². The molecule has 1 saturated heterocycles. The summed E-state index contributed by atoms with van der Waals surface area (Å²) in [5.74, 6) is 0.102. The lowest BCUT2D eigenvalue weighted by molar-refractivity contribution is 0.0618. The standard InChI is InChI=1S/C14H19BrN2O/c1-9-4-3-5-12(13(9)15)14(18)17-7-6-11(16)8-10(17)2/h3-5,10-11H,6-8,16H2,1-2H3. The maximum absolute atomic E-state index is 12.5. The smallest absolute Gasteiger partial charge is 0.255 e. The van der Waals surface area contributed by atoms with Crippen LogP contribution in [0.2, 0.25) is 0 Å². The van der Waals surface area contributed by atoms with Crippen LogP contribution in [0.5, 0.6) is 0 Å². The van der Waals surface area contributed by atoms with E-state index in [0.717, 1.165) is 35.0 Å². The number of hydrogen-bond acceptors (Lipinski definition) is 2. The molecule has 1 aliphatic heterocycles. The number of carbonyl (C=O) groups is 1. The summed E-state index contributed by atoms with van der Waals surface area (Å²) >= 11 is 3.51. The number of halogens is 1. The van der Waals surface area contributed by atoms with Gasteiger partial charge in [-0.25, -0.2) is 0 Å². The van der Waals surface area contributed by atoms with E-state index in [4.69, 9.17) is 5.73 Å². The van der Waals surface area contributed by atoms with Gasteiger partial charge in [-0.1, -0.05) is 12.1 Å². The molecule has 1 aromatic rings. The molecule has 0 aromatic heterocycles. The highest BCUT2D eigenvalue weighted by molar-refractivity contribution is 9.10. The van der Waals surface area contributed by atoms with Gasteiger partial charge in [0.2, 0.25) is 0 Å². The molecule has 1 fully saturated rings. The van der Waals surface area contributed by atoms with Crippen LogP contribution in [0.3, 0.4) is 0 Å². The van der Waals surface area contributed by atoms with Gasteiger partial charge in [0, 0.05) is 23.1 Å². The van der Waals surface area contributed by atoms with Crippen LogP contribution in [0.4, 0.5) is 0 Å². The van der Waals surface area contributed by atoms with Crippen molar-refractivity contribution in [3.8, 4) is 0 Å². The van der Waals surface area contributed by atoms with Crippen molar-refractivity contribution in [3.05, 3.63) is 33.8 Å². The first-order chi connectivity index (χ1) is 8.50. The molecule has 2 atom stereocenters. The van der Waals surface area contributed by atoms with Crippen molar-refractivity contribution in [1.29, 1.82) is 0 Å². The third kappa shape index (κ3) is 2.59. The van der Waals surface area contributed by atoms with Crippen LogP contribution in [0.15, 0.2) is 22.7 Å². The molecule has 2 N–H and O–H groups in total. The fourth-order valence-electron chi connectivity index (χ4n) is 2.48. The van der Waals surface area contributed by atoms with Crippen LogP contribution < -0.4 is 5.73 Å². The highest BCUT2D eigenvalue weighted by Gasteiger charge is 2.28. The van der Waals surface area contributed by atoms with Crippen molar-refractivity contribution >= 4 is 21.8 Å². The number of rotatable bonds is 1. The molecule has 0 spiro atoms. The lowest BCUT2D eigenvalue weighted by Gasteiger charge is -2.36. The lowest BCUT2D eigenvalue weighted by atomic mass is 9.98. The Balaban J connectivity index is 2.23. The number of nitrogens with two attached hydrogens (primary N) is 1. The van der Waals surface area contributed by atoms with Crippen molar-refractivity contribution in [2.24, 2.45) is 5.73 Å². The summed E-state index contributed by atoms with van der Waals surface area (Å²) in [4.78, 5) is 14.5. The number of amides is 1. The van der Waals surface area contributed by atoms with Gasteiger partial charge in [-0.2, -0.15) is 0 Å². The molecule has 2 unspecified atom stereocenters. The Labute approximate surface area is 116 Å². The third-order valence-corrected chi connectivity index (χ3v) is 4.65. The van der Waals surface area contributed by atoms with Crippen molar-refractivity contribution < 1.29 is 4.79 Å². The Bertz CT molecular complexity index is 461. The fourth-order valence-corrected chi connectivity index (χ4v) is 2.91. The van der Waals surface area contributed by atoms with E-state index >= 15 is 0 Å². The maximum Gasteiger partial charge on any atom is 0.255 e. The van der Waals surface area contributed by atoms with Gasteiger partial charge in [0.25, 0.3) is 5.91 Å². The average Bonchev–Trinajstić information content (AvgIpc) is 2.32. The number of nitrogens with zero attached hydrogens (tertiary/aromatic N) is 1. The number of hydrogen-bond donors (Lipinski definition) is 1. The predicted octanol–water partition coefficient (Wildman–Crippen LogP) is 2.71. The zero-order valence-corrected chi connectivity index (χ0v) is 12.4. The highest BCUT2D eigenvalue weighted by Crippen LogP contribution is 2.25. The lowest BCUT2D eigenvalue weighted by Crippen LogP contribution is -2.48. The minimum absolute atomic E-state index is 0.102. The first-order valence-electron chi connectivity index (χ1n) is 6.32. The number of likely N-dealkylation sites (tertiary alicyclic amines) is 1. The van der Waals surface area contributed by atoms with Gasteiger partial charge in [0.15, 0.2) is 0 Å². The number of aryl methyl sites for hydroxylation is 1. The largest absolute Gasteiger partial charge is 0.336 e. The number of benzene rings is 1. The van der Waals surface area contributed by atoms with Gasteiger partial charge in [-0.05, 0) is 54.2 Å². The highest BCUT2D eigenvalue weighted by atomic mass is 79.9. The zero-order chi connectivity index (χ0) is 13.3. The van der Waals surface area contributed by atoms with E-state index in [2.05, 4.69) is 22.9 Å². The van der Waals surface area contributed by atoms with E-state index < -0.39 is 0 Å². The van der Waals surface area contributed by atoms with E-state index in [0.29, 0.717) is 0 Å². The van der Waals surface area contributed by atoms with Crippen molar-refractivity contribution in [2.75, 3.05) is 6.54 Å². The summed E-state index contributed by atoms with van der Waals surface area (Å²) in [7, 11) is 0. The molecule has 18 heavy (non-hydrogen) atoms. The van der Waals surface area contributed by atoms with Gasteiger partial charge in [0.05, 0.1) is 5.56 Å². The molecular formula is C14H19BrN2O. The van der Waals surface area contributed by atoms with Crippen LogP contribution >= 0.6 is 15.9 Å². The normalized spacial score (nSPS) is 24.1. The van der Waals surface area contributed by atoms with Gasteiger partial charge in [-0.3, -0.25) is 4.79 Å². The molecular weight excluding hydrogens is 292 g/mol. The molecule has 3 nitrogen and oxygen atoms in total. The molecule has 0 radical (unpaired) electrons. The molecule has 0 bridgehead atoms. The summed E-state index contributed by atoms with van der Waals surface area (Å²) in [6.45, 7) is 4.82. The average molecular weight is 311 g/mol. The molecule has 0 aliphatic carbocycles. The van der Waals surface area contributed by atoms with E-state index in [-0.39, 0.29) is 18.0 Å². The molecule has 1 aromatic carbocycles. The quantitative estimate of drug-likeness (QED) is 0.867. The molecule has 1 amide bonds. The van der Waals surface area contributed by atoms with E-state index in [1.807, 2.05) is 30.0 Å². The second-order valence-corrected chi connectivity index (χ2v) is 5.86. The van der Waals surface area contributed by atoms with Gasteiger partial charge < -0.3 is 10.6 Å². The Hall–Kier alpha value is -0.870. The Morgan fingerprint density at radius 3 is 2.89 bits per heavy atom. The molecule has 1 heterocycles. The fraction of sp³-hybridized carbons (Fsp3) is 0.500. The van der Waals surface area contributed by atoms with Crippen LogP contribution in [0, 0.1) is 6.92 Å². The molecule has 98 valence electrons. The van der Waals surface area contributed by atoms with Crippen molar-refractivity contribution in [2.45, 2.75) is 38.8 Å². The minimum Gasteiger partial charge on any atom is -0.336 e. The number of carbonyl (C=O) groups excluding carboxylic acids is 1. The minimum atomic E-state index is 0.102. The van der Waals surface area contributed by atoms with Crippen LogP contribution in [-0.4, -0.2) is 29.4 Å². The molecule has 4 heteroatoms. The second kappa shape index (κ2) is 5.41. The van der Waals surface area contributed by atoms with Gasteiger partial charge in [-0.15, -0.1) is 0 Å². The summed E-state index contributed by atoms with van der Waals surface area (Å²) < 4.78 is 0.900. The third-order valence-electron chi connectivity index (χ3n) is 3.60. The molecule has 0 saturated carbocycles. The second-order valence-electron chi connectivity index (χ2n) is 5.07. The Morgan fingerprint density at radius 1 is 1.50 bits per heavy atom. The first-order valence-corrected chi connectivity index (χ1v) is 7.11. The van der Waals surface area contributed by atoms with E-state index in [9.17, 15) is 4.79 Å². The summed E-state index contributed by atoms with van der Waals surface area (Å²) in [5.41, 5.74) is 7.77. The molecule has 2 rings (SSSR count). The maximum atomic E-state index is 12.5. The zero-order valence-electron chi connectivity index (χ0n) is 10.8. The van der Waals surface area contributed by atoms with E-state index in [1.54, 1.807) is 0 Å². The van der Waals surface area contributed by atoms with Crippen molar-refractivity contribution in [3.63, 3.8) is 0 Å². The van der Waals surface area contributed by atoms with Crippen LogP contribution in [-0.2, 0) is 0 Å². The SMILES string of the molecule is Cc1cccc(C(=O)N2CCC(N)CC2C)c1Br. The molecule has 1 aliphatic rings. The Morgan fingerprint density at radius 2 is 2.22 bits per heavy atom. The van der Waals surface area contributed by atoms with Gasteiger partial charge in [0.1, 0.15) is 0 Å². The first kappa shape index (κ1) is 13.6. The van der Waals surface area contributed by atoms with E-state index in [1.165, 1.54) is 0 Å². The van der Waals surface area contributed by atoms with Crippen LogP contribution in [0.1, 0.15) is 35.7 Å². The van der Waals surface area contributed by atoms with Gasteiger partial charge >= 0.3 is 0 Å². The topological polar surface area (TPSA) is 46.3 Å². The Kier molecular flexibility index (Phi) is 4.07.